The molecule has 1 unspecified atom stereocenters. The molecule has 1 aromatic heterocycles. The molecule has 1 N–H and O–H groups in total. The van der Waals surface area contributed by atoms with Crippen LogP contribution in [0.25, 0.3) is 0 Å². The van der Waals surface area contributed by atoms with E-state index in [4.69, 9.17) is 0 Å². The Morgan fingerprint density at radius 1 is 1.30 bits per heavy atom. The lowest BCUT2D eigenvalue weighted by molar-refractivity contribution is -0.137. The third kappa shape index (κ3) is 3.52. The molecule has 0 amide bonds. The third-order valence-corrected chi connectivity index (χ3v) is 4.36. The molecule has 108 valence electrons. The van der Waals surface area contributed by atoms with E-state index in [1.54, 1.807) is 11.6 Å². The summed E-state index contributed by atoms with van der Waals surface area (Å²) < 4.78 is 38.7. The molecule has 0 saturated heterocycles. The number of hydrogen-bond acceptors (Lipinski definition) is 3. The number of aryl methyl sites for hydroxylation is 1. The monoisotopic (exact) mass is 364 g/mol. The fourth-order valence-corrected chi connectivity index (χ4v) is 3.18. The van der Waals surface area contributed by atoms with Gasteiger partial charge >= 0.3 is 6.18 Å². The van der Waals surface area contributed by atoms with Gasteiger partial charge in [-0.25, -0.2) is 4.98 Å². The Morgan fingerprint density at radius 3 is 2.55 bits per heavy atom. The number of hydrogen-bond donors (Lipinski definition) is 1. The van der Waals surface area contributed by atoms with Gasteiger partial charge in [-0.15, -0.1) is 11.3 Å². The van der Waals surface area contributed by atoms with Crippen molar-refractivity contribution in [3.63, 3.8) is 0 Å². The molecule has 0 aliphatic carbocycles. The minimum absolute atomic E-state index is 0.0992. The zero-order chi connectivity index (χ0) is 14.9. The maximum Gasteiger partial charge on any atom is 0.416 e. The molecule has 1 aromatic carbocycles. The van der Waals surface area contributed by atoms with Crippen LogP contribution < -0.4 is 5.32 Å². The van der Waals surface area contributed by atoms with Gasteiger partial charge in [-0.1, -0.05) is 15.9 Å². The summed E-state index contributed by atoms with van der Waals surface area (Å²) in [5.74, 6) is 0. The van der Waals surface area contributed by atoms with Gasteiger partial charge in [0, 0.05) is 15.0 Å². The topological polar surface area (TPSA) is 24.9 Å². The van der Waals surface area contributed by atoms with Crippen molar-refractivity contribution < 1.29 is 13.2 Å². The lowest BCUT2D eigenvalue weighted by Crippen LogP contribution is -2.09. The third-order valence-electron chi connectivity index (χ3n) is 2.78. The zero-order valence-corrected chi connectivity index (χ0v) is 13.2. The molecule has 0 bridgehead atoms. The summed E-state index contributed by atoms with van der Waals surface area (Å²) in [4.78, 5) is 5.16. The summed E-state index contributed by atoms with van der Waals surface area (Å²) in [5, 5.41) is 3.08. The number of halogens is 4. The number of aromatic nitrogens is 1. The highest BCUT2D eigenvalue weighted by atomic mass is 79.9. The van der Waals surface area contributed by atoms with E-state index in [2.05, 4.69) is 26.2 Å². The quantitative estimate of drug-likeness (QED) is 0.787. The second-order valence-corrected chi connectivity index (χ2v) is 6.20. The molecule has 0 spiro atoms. The van der Waals surface area contributed by atoms with Crippen LogP contribution in [0.4, 0.5) is 18.9 Å². The summed E-state index contributed by atoms with van der Waals surface area (Å²) in [7, 11) is 0. The Kier molecular flexibility index (Phi) is 4.39. The highest BCUT2D eigenvalue weighted by Crippen LogP contribution is 2.34. The number of anilines is 1. The maximum absolute atomic E-state index is 12.8. The van der Waals surface area contributed by atoms with Crippen molar-refractivity contribution in [3.05, 3.63) is 44.3 Å². The molecular formula is C13H12BrF3N2S. The molecule has 1 heterocycles. The first kappa shape index (κ1) is 15.3. The molecule has 2 aromatic rings. The second-order valence-electron chi connectivity index (χ2n) is 4.39. The van der Waals surface area contributed by atoms with E-state index in [-0.39, 0.29) is 6.04 Å². The normalized spacial score (nSPS) is 13.3. The Hall–Kier alpha value is -1.08. The van der Waals surface area contributed by atoms with Crippen molar-refractivity contribution in [2.45, 2.75) is 26.1 Å². The minimum Gasteiger partial charge on any atom is -0.378 e. The van der Waals surface area contributed by atoms with Crippen molar-refractivity contribution in [2.24, 2.45) is 0 Å². The second kappa shape index (κ2) is 5.73. The molecule has 7 heteroatoms. The van der Waals surface area contributed by atoms with E-state index in [1.165, 1.54) is 11.3 Å². The fraction of sp³-hybridized carbons (Fsp3) is 0.308. The van der Waals surface area contributed by atoms with Crippen LogP contribution in [0.3, 0.4) is 0 Å². The van der Waals surface area contributed by atoms with Crippen LogP contribution in [-0.4, -0.2) is 4.98 Å². The Balaban J connectivity index is 2.26. The number of thiazole rings is 1. The van der Waals surface area contributed by atoms with Crippen molar-refractivity contribution in [3.8, 4) is 0 Å². The van der Waals surface area contributed by atoms with Gasteiger partial charge in [0.2, 0.25) is 0 Å². The molecule has 2 rings (SSSR count). The summed E-state index contributed by atoms with van der Waals surface area (Å²) in [6.45, 7) is 3.78. The van der Waals surface area contributed by atoms with Crippen molar-refractivity contribution in [1.82, 2.24) is 4.98 Å². The lowest BCUT2D eigenvalue weighted by atomic mass is 10.1. The molecule has 0 fully saturated rings. The van der Waals surface area contributed by atoms with E-state index >= 15 is 0 Å². The average molecular weight is 365 g/mol. The summed E-state index contributed by atoms with van der Waals surface area (Å²) >= 11 is 4.59. The van der Waals surface area contributed by atoms with Gasteiger partial charge in [-0.3, -0.25) is 0 Å². The first-order valence-electron chi connectivity index (χ1n) is 5.81. The zero-order valence-electron chi connectivity index (χ0n) is 10.8. The number of nitrogens with zero attached hydrogens (tertiary/aromatic N) is 1. The molecule has 0 saturated carbocycles. The average Bonchev–Trinajstić information content (AvgIpc) is 2.73. The predicted molar refractivity (Wildman–Crippen MR) is 78.0 cm³/mol. The van der Waals surface area contributed by atoms with Gasteiger partial charge in [-0.05, 0) is 32.0 Å². The highest BCUT2D eigenvalue weighted by molar-refractivity contribution is 9.10. The summed E-state index contributed by atoms with van der Waals surface area (Å²) in [5.41, 5.74) is 2.36. The molecule has 2 nitrogen and oxygen atoms in total. The van der Waals surface area contributed by atoms with E-state index in [1.807, 2.05) is 13.8 Å². The standard InChI is InChI=1S/C13H12BrF3N2S/c1-7-12(20-6-18-7)8(2)19-11-4-9(13(15,16)17)3-10(14)5-11/h3-6,8,19H,1-2H3. The number of rotatable bonds is 3. The van der Waals surface area contributed by atoms with Gasteiger partial charge in [0.15, 0.2) is 0 Å². The van der Waals surface area contributed by atoms with Crippen LogP contribution in [0.1, 0.15) is 29.1 Å². The van der Waals surface area contributed by atoms with Gasteiger partial charge < -0.3 is 5.32 Å². The molecule has 0 aliphatic heterocycles. The fourth-order valence-electron chi connectivity index (χ4n) is 1.88. The Labute approximate surface area is 127 Å². The maximum atomic E-state index is 12.8. The van der Waals surface area contributed by atoms with E-state index < -0.39 is 11.7 Å². The molecule has 0 radical (unpaired) electrons. The molecule has 20 heavy (non-hydrogen) atoms. The van der Waals surface area contributed by atoms with Crippen molar-refractivity contribution in [2.75, 3.05) is 5.32 Å². The highest BCUT2D eigenvalue weighted by Gasteiger charge is 2.31. The molecular weight excluding hydrogens is 353 g/mol. The Morgan fingerprint density at radius 2 is 2.00 bits per heavy atom. The van der Waals surface area contributed by atoms with Crippen molar-refractivity contribution >= 4 is 33.0 Å². The van der Waals surface area contributed by atoms with Crippen LogP contribution in [0.15, 0.2) is 28.2 Å². The largest absolute Gasteiger partial charge is 0.416 e. The van der Waals surface area contributed by atoms with Crippen molar-refractivity contribution in [1.29, 1.82) is 0 Å². The van der Waals surface area contributed by atoms with Crippen LogP contribution in [0, 0.1) is 6.92 Å². The predicted octanol–water partition coefficient (Wildman–Crippen LogP) is 5.41. The lowest BCUT2D eigenvalue weighted by Gasteiger charge is -2.16. The SMILES string of the molecule is Cc1ncsc1C(C)Nc1cc(Br)cc(C(F)(F)F)c1. The number of benzene rings is 1. The van der Waals surface area contributed by atoms with Crippen LogP contribution in [0.2, 0.25) is 0 Å². The first-order chi connectivity index (χ1) is 9.27. The molecule has 1 atom stereocenters. The first-order valence-corrected chi connectivity index (χ1v) is 7.49. The number of nitrogens with one attached hydrogen (secondary N) is 1. The summed E-state index contributed by atoms with van der Waals surface area (Å²) in [6, 6.07) is 3.70. The van der Waals surface area contributed by atoms with Gasteiger partial charge in [-0.2, -0.15) is 13.2 Å². The number of alkyl halides is 3. The minimum atomic E-state index is -4.36. The smallest absolute Gasteiger partial charge is 0.378 e. The Bertz CT molecular complexity index is 610. The van der Waals surface area contributed by atoms with E-state index in [0.717, 1.165) is 22.7 Å². The van der Waals surface area contributed by atoms with Crippen LogP contribution in [0.5, 0.6) is 0 Å². The van der Waals surface area contributed by atoms with Gasteiger partial charge in [0.25, 0.3) is 0 Å². The van der Waals surface area contributed by atoms with Gasteiger partial charge in [0.05, 0.1) is 22.8 Å². The van der Waals surface area contributed by atoms with Crippen LogP contribution >= 0.6 is 27.3 Å². The van der Waals surface area contributed by atoms with E-state index in [0.29, 0.717) is 10.2 Å². The van der Waals surface area contributed by atoms with E-state index in [9.17, 15) is 13.2 Å². The summed E-state index contributed by atoms with van der Waals surface area (Å²) in [6.07, 6.45) is -4.36. The van der Waals surface area contributed by atoms with Gasteiger partial charge in [0.1, 0.15) is 0 Å². The molecule has 0 aliphatic rings. The van der Waals surface area contributed by atoms with Crippen LogP contribution in [-0.2, 0) is 6.18 Å².